The van der Waals surface area contributed by atoms with Crippen molar-refractivity contribution in [1.29, 1.82) is 0 Å². The van der Waals surface area contributed by atoms with Crippen LogP contribution in [0.1, 0.15) is 47.1 Å². The molecule has 1 nitrogen and oxygen atoms in total. The van der Waals surface area contributed by atoms with E-state index in [1.54, 1.807) is 16.7 Å². The fraction of sp³-hybridized carbons (Fsp3) is 0.280. The lowest BCUT2D eigenvalue weighted by atomic mass is 9.82. The van der Waals surface area contributed by atoms with E-state index in [0.29, 0.717) is 6.61 Å². The molecule has 5 rings (SSSR count). The van der Waals surface area contributed by atoms with Crippen LogP contribution in [0.3, 0.4) is 0 Å². The molecule has 3 aromatic rings. The standard InChI is InChI=1S/C25H24O/c1-17-7-10-23-21(17)13-14-24-22-12-9-20(15-19(22)8-11-25(23)24)26-16-18-5-3-2-4-6-18/h2-6,9,12-15,17H,7-8,10-11,16H2,1H3. The highest BCUT2D eigenvalue weighted by molar-refractivity contribution is 5.76. The summed E-state index contributed by atoms with van der Waals surface area (Å²) in [5.41, 5.74) is 10.3. The molecule has 1 atom stereocenters. The smallest absolute Gasteiger partial charge is 0.120 e. The lowest BCUT2D eigenvalue weighted by Crippen LogP contribution is -2.08. The molecule has 130 valence electrons. The van der Waals surface area contributed by atoms with Gasteiger partial charge in [0, 0.05) is 0 Å². The Balaban J connectivity index is 1.44. The van der Waals surface area contributed by atoms with Gasteiger partial charge < -0.3 is 4.74 Å². The van der Waals surface area contributed by atoms with Crippen LogP contribution < -0.4 is 4.74 Å². The van der Waals surface area contributed by atoms with Gasteiger partial charge in [-0.25, -0.2) is 0 Å². The summed E-state index contributed by atoms with van der Waals surface area (Å²) in [7, 11) is 0. The highest BCUT2D eigenvalue weighted by Crippen LogP contribution is 2.43. The predicted octanol–water partition coefficient (Wildman–Crippen LogP) is 6.08. The first kappa shape index (κ1) is 15.7. The van der Waals surface area contributed by atoms with Crippen molar-refractivity contribution in [2.24, 2.45) is 0 Å². The third kappa shape index (κ3) is 2.63. The number of aryl methyl sites for hydroxylation is 1. The van der Waals surface area contributed by atoms with Crippen LogP contribution in [-0.2, 0) is 25.9 Å². The molecule has 3 aromatic carbocycles. The Hall–Kier alpha value is -2.54. The molecule has 2 aliphatic rings. The van der Waals surface area contributed by atoms with Crippen molar-refractivity contribution in [3.05, 3.63) is 88.5 Å². The van der Waals surface area contributed by atoms with E-state index in [-0.39, 0.29) is 0 Å². The van der Waals surface area contributed by atoms with Gasteiger partial charge in [0.05, 0.1) is 0 Å². The lowest BCUT2D eigenvalue weighted by Gasteiger charge is -2.23. The topological polar surface area (TPSA) is 9.23 Å². The fourth-order valence-corrected chi connectivity index (χ4v) is 4.65. The largest absolute Gasteiger partial charge is 0.489 e. The van der Waals surface area contributed by atoms with Gasteiger partial charge in [-0.05, 0) is 82.7 Å². The molecule has 0 heterocycles. The van der Waals surface area contributed by atoms with Crippen molar-refractivity contribution < 1.29 is 4.74 Å². The van der Waals surface area contributed by atoms with Gasteiger partial charge in [-0.2, -0.15) is 0 Å². The Bertz CT molecular complexity index is 955. The minimum Gasteiger partial charge on any atom is -0.489 e. The van der Waals surface area contributed by atoms with E-state index in [4.69, 9.17) is 4.74 Å². The summed E-state index contributed by atoms with van der Waals surface area (Å²) in [6, 6.07) is 21.7. The van der Waals surface area contributed by atoms with Crippen molar-refractivity contribution >= 4 is 0 Å². The van der Waals surface area contributed by atoms with Crippen molar-refractivity contribution in [2.45, 2.75) is 45.1 Å². The van der Waals surface area contributed by atoms with Crippen LogP contribution in [0.4, 0.5) is 0 Å². The Morgan fingerprint density at radius 3 is 2.58 bits per heavy atom. The zero-order valence-corrected chi connectivity index (χ0v) is 15.3. The molecule has 0 spiro atoms. The van der Waals surface area contributed by atoms with E-state index in [9.17, 15) is 0 Å². The molecule has 1 unspecified atom stereocenters. The number of fused-ring (bicyclic) bond motifs is 5. The Kier molecular flexibility index (Phi) is 3.81. The van der Waals surface area contributed by atoms with Crippen molar-refractivity contribution in [2.75, 3.05) is 0 Å². The molecule has 0 saturated heterocycles. The Morgan fingerprint density at radius 2 is 1.69 bits per heavy atom. The van der Waals surface area contributed by atoms with E-state index < -0.39 is 0 Å². The van der Waals surface area contributed by atoms with Crippen molar-refractivity contribution in [3.63, 3.8) is 0 Å². The van der Waals surface area contributed by atoms with Crippen LogP contribution in [0, 0.1) is 0 Å². The maximum absolute atomic E-state index is 6.03. The summed E-state index contributed by atoms with van der Waals surface area (Å²) in [5, 5.41) is 0. The monoisotopic (exact) mass is 340 g/mol. The summed E-state index contributed by atoms with van der Waals surface area (Å²) >= 11 is 0. The van der Waals surface area contributed by atoms with Gasteiger partial charge in [-0.1, -0.05) is 55.5 Å². The fourth-order valence-electron chi connectivity index (χ4n) is 4.65. The Morgan fingerprint density at radius 1 is 0.846 bits per heavy atom. The first-order valence-electron chi connectivity index (χ1n) is 9.74. The molecular formula is C25H24O. The van der Waals surface area contributed by atoms with Gasteiger partial charge in [0.1, 0.15) is 12.4 Å². The summed E-state index contributed by atoms with van der Waals surface area (Å²) in [4.78, 5) is 0. The van der Waals surface area contributed by atoms with Gasteiger partial charge in [-0.15, -0.1) is 0 Å². The maximum Gasteiger partial charge on any atom is 0.120 e. The second-order valence-corrected chi connectivity index (χ2v) is 7.69. The molecule has 0 aliphatic heterocycles. The summed E-state index contributed by atoms with van der Waals surface area (Å²) < 4.78 is 6.03. The average molecular weight is 340 g/mol. The first-order valence-corrected chi connectivity index (χ1v) is 9.74. The Labute approximate surface area is 155 Å². The second-order valence-electron chi connectivity index (χ2n) is 7.69. The minimum atomic E-state index is 0.627. The molecule has 0 saturated carbocycles. The van der Waals surface area contributed by atoms with Gasteiger partial charge in [-0.3, -0.25) is 0 Å². The zero-order chi connectivity index (χ0) is 17.5. The van der Waals surface area contributed by atoms with Gasteiger partial charge in [0.15, 0.2) is 0 Å². The predicted molar refractivity (Wildman–Crippen MR) is 107 cm³/mol. The van der Waals surface area contributed by atoms with E-state index in [2.05, 4.69) is 61.5 Å². The SMILES string of the molecule is CC1CCc2c1ccc1c2CCc2cc(OCc3ccccc3)ccc2-1. The summed E-state index contributed by atoms with van der Waals surface area (Å²) in [5.74, 6) is 1.70. The van der Waals surface area contributed by atoms with Crippen LogP contribution in [0.5, 0.6) is 5.75 Å². The molecule has 0 fully saturated rings. The van der Waals surface area contributed by atoms with Crippen LogP contribution in [0.15, 0.2) is 60.7 Å². The molecule has 0 N–H and O–H groups in total. The number of ether oxygens (including phenoxy) is 1. The van der Waals surface area contributed by atoms with Crippen LogP contribution in [0.25, 0.3) is 11.1 Å². The third-order valence-corrected chi connectivity index (χ3v) is 6.09. The molecule has 1 heteroatoms. The number of hydrogen-bond acceptors (Lipinski definition) is 1. The summed E-state index contributed by atoms with van der Waals surface area (Å²) in [6.07, 6.45) is 4.86. The van der Waals surface area contributed by atoms with Crippen LogP contribution in [0.2, 0.25) is 0 Å². The van der Waals surface area contributed by atoms with E-state index >= 15 is 0 Å². The third-order valence-electron chi connectivity index (χ3n) is 6.09. The summed E-state index contributed by atoms with van der Waals surface area (Å²) in [6.45, 7) is 2.99. The van der Waals surface area contributed by atoms with Gasteiger partial charge >= 0.3 is 0 Å². The van der Waals surface area contributed by atoms with Crippen molar-refractivity contribution in [3.8, 4) is 16.9 Å². The van der Waals surface area contributed by atoms with Crippen LogP contribution in [-0.4, -0.2) is 0 Å². The highest BCUT2D eigenvalue weighted by atomic mass is 16.5. The van der Waals surface area contributed by atoms with E-state index in [0.717, 1.165) is 18.1 Å². The molecule has 2 aliphatic carbocycles. The average Bonchev–Trinajstić information content (AvgIpc) is 3.08. The quantitative estimate of drug-likeness (QED) is 0.561. The molecule has 0 aromatic heterocycles. The van der Waals surface area contributed by atoms with E-state index in [1.165, 1.54) is 41.5 Å². The highest BCUT2D eigenvalue weighted by Gasteiger charge is 2.26. The van der Waals surface area contributed by atoms with Gasteiger partial charge in [0.25, 0.3) is 0 Å². The molecule has 0 amide bonds. The van der Waals surface area contributed by atoms with Gasteiger partial charge in [0.2, 0.25) is 0 Å². The normalized spacial score (nSPS) is 17.3. The lowest BCUT2D eigenvalue weighted by molar-refractivity contribution is 0.306. The maximum atomic E-state index is 6.03. The minimum absolute atomic E-state index is 0.627. The number of benzene rings is 3. The zero-order valence-electron chi connectivity index (χ0n) is 15.3. The van der Waals surface area contributed by atoms with Crippen LogP contribution >= 0.6 is 0 Å². The van der Waals surface area contributed by atoms with Crippen molar-refractivity contribution in [1.82, 2.24) is 0 Å². The number of hydrogen-bond donors (Lipinski definition) is 0. The van der Waals surface area contributed by atoms with E-state index in [1.807, 2.05) is 6.07 Å². The molecule has 26 heavy (non-hydrogen) atoms. The molecule has 0 bridgehead atoms. The number of rotatable bonds is 3. The first-order chi connectivity index (χ1) is 12.8. The molecular weight excluding hydrogens is 316 g/mol. The second kappa shape index (κ2) is 6.32. The molecule has 0 radical (unpaired) electrons.